The van der Waals surface area contributed by atoms with Crippen molar-refractivity contribution in [2.75, 3.05) is 6.26 Å². The molecule has 30 heavy (non-hydrogen) atoms. The third-order valence-corrected chi connectivity index (χ3v) is 7.90. The molecule has 2 rings (SSSR count). The molecule has 1 aromatic carbocycles. The average molecular weight is 450 g/mol. The minimum Gasteiger partial charge on any atom is -0.315 e. The number of hydrogen-bond donors (Lipinski definition) is 2. The molecule has 0 saturated carbocycles. The van der Waals surface area contributed by atoms with E-state index in [1.165, 1.54) is 41.0 Å². The second-order valence-corrected chi connectivity index (χ2v) is 10.9. The van der Waals surface area contributed by atoms with Crippen molar-refractivity contribution in [3.8, 4) is 17.2 Å². The Morgan fingerprint density at radius 1 is 1.33 bits per heavy atom. The van der Waals surface area contributed by atoms with Crippen LogP contribution in [-0.4, -0.2) is 40.4 Å². The van der Waals surface area contributed by atoms with E-state index in [0.29, 0.717) is 5.56 Å². The van der Waals surface area contributed by atoms with Gasteiger partial charge in [0, 0.05) is 30.0 Å². The normalized spacial score (nSPS) is 14.4. The number of nitrogens with one attached hydrogen (secondary N) is 1. The van der Waals surface area contributed by atoms with E-state index in [4.69, 9.17) is 10.5 Å². The standard InChI is InChI=1S/C20H23N3O5S2/c1-14(13-21)29-17-6-4-5-15(11-17)16-7-9-23(18(24)12-16)10-8-20(2,19(25)22-26)30(3,27)28/h4-7,9,11-12,14,26H,8,10H2,1-3H3,(H,22,25)/t14?,20-/m1/s1. The molecule has 10 heteroatoms. The zero-order chi connectivity index (χ0) is 22.5. The molecule has 1 heterocycles. The van der Waals surface area contributed by atoms with Crippen LogP contribution in [0.1, 0.15) is 20.3 Å². The predicted octanol–water partition coefficient (Wildman–Crippen LogP) is 2.22. The van der Waals surface area contributed by atoms with Crippen LogP contribution < -0.4 is 11.0 Å². The molecule has 2 N–H and O–H groups in total. The van der Waals surface area contributed by atoms with E-state index in [-0.39, 0.29) is 23.8 Å². The second-order valence-electron chi connectivity index (χ2n) is 7.06. The van der Waals surface area contributed by atoms with Crippen molar-refractivity contribution in [3.63, 3.8) is 0 Å². The fourth-order valence-electron chi connectivity index (χ4n) is 2.77. The van der Waals surface area contributed by atoms with Gasteiger partial charge in [0.25, 0.3) is 11.5 Å². The molecule has 8 nitrogen and oxygen atoms in total. The summed E-state index contributed by atoms with van der Waals surface area (Å²) in [6.07, 6.45) is 2.26. The van der Waals surface area contributed by atoms with Crippen molar-refractivity contribution in [1.29, 1.82) is 5.26 Å². The number of hydroxylamine groups is 1. The van der Waals surface area contributed by atoms with Gasteiger partial charge in [-0.1, -0.05) is 12.1 Å². The first-order valence-electron chi connectivity index (χ1n) is 9.03. The summed E-state index contributed by atoms with van der Waals surface area (Å²) < 4.78 is 23.5. The smallest absolute Gasteiger partial charge is 0.264 e. The van der Waals surface area contributed by atoms with Crippen molar-refractivity contribution >= 4 is 27.5 Å². The Morgan fingerprint density at radius 2 is 2.00 bits per heavy atom. The van der Waals surface area contributed by atoms with E-state index >= 15 is 0 Å². The Hall–Kier alpha value is -2.61. The van der Waals surface area contributed by atoms with Crippen LogP contribution in [0, 0.1) is 11.3 Å². The van der Waals surface area contributed by atoms with Crippen molar-refractivity contribution in [2.24, 2.45) is 0 Å². The topological polar surface area (TPSA) is 129 Å². The molecule has 0 spiro atoms. The highest BCUT2D eigenvalue weighted by Gasteiger charge is 2.43. The summed E-state index contributed by atoms with van der Waals surface area (Å²) in [6.45, 7) is 2.99. The molecular weight excluding hydrogens is 426 g/mol. The molecule has 1 aromatic heterocycles. The maximum atomic E-state index is 12.5. The van der Waals surface area contributed by atoms with Gasteiger partial charge >= 0.3 is 0 Å². The fraction of sp³-hybridized carbons (Fsp3) is 0.350. The van der Waals surface area contributed by atoms with Crippen LogP contribution in [-0.2, 0) is 21.2 Å². The highest BCUT2D eigenvalue weighted by molar-refractivity contribution is 8.00. The average Bonchev–Trinajstić information content (AvgIpc) is 2.71. The van der Waals surface area contributed by atoms with Gasteiger partial charge in [0.05, 0.1) is 11.3 Å². The third-order valence-electron chi connectivity index (χ3n) is 4.89. The lowest BCUT2D eigenvalue weighted by molar-refractivity contribution is -0.131. The Kier molecular flexibility index (Phi) is 7.47. The third kappa shape index (κ3) is 5.30. The van der Waals surface area contributed by atoms with Crippen LogP contribution in [0.25, 0.3) is 11.1 Å². The number of sulfone groups is 1. The van der Waals surface area contributed by atoms with E-state index < -0.39 is 20.5 Å². The minimum absolute atomic E-state index is 0.0221. The summed E-state index contributed by atoms with van der Waals surface area (Å²) in [6, 6.07) is 12.8. The number of carbonyl (C=O) groups excluding carboxylic acids is 1. The highest BCUT2D eigenvalue weighted by Crippen LogP contribution is 2.28. The molecule has 0 aliphatic rings. The maximum Gasteiger partial charge on any atom is 0.264 e. The zero-order valence-corrected chi connectivity index (χ0v) is 18.5. The van der Waals surface area contributed by atoms with Gasteiger partial charge in [-0.3, -0.25) is 14.8 Å². The monoisotopic (exact) mass is 449 g/mol. The summed E-state index contributed by atoms with van der Waals surface area (Å²) in [5.41, 5.74) is 2.54. The summed E-state index contributed by atoms with van der Waals surface area (Å²) in [7, 11) is -3.84. The van der Waals surface area contributed by atoms with E-state index in [9.17, 15) is 18.0 Å². The van der Waals surface area contributed by atoms with E-state index in [1.807, 2.05) is 24.3 Å². The number of rotatable bonds is 8. The SMILES string of the molecule is CC(C#N)Sc1cccc(-c2ccn(CC[C@](C)(C(=O)NO)S(C)(=O)=O)c(=O)c2)c1. The Labute approximate surface area is 179 Å². The second kappa shape index (κ2) is 9.47. The molecule has 0 fully saturated rings. The minimum atomic E-state index is -3.84. The van der Waals surface area contributed by atoms with Gasteiger partial charge in [-0.2, -0.15) is 5.26 Å². The molecule has 2 atom stereocenters. The van der Waals surface area contributed by atoms with E-state index in [2.05, 4.69) is 6.07 Å². The zero-order valence-electron chi connectivity index (χ0n) is 16.8. The molecule has 0 radical (unpaired) electrons. The van der Waals surface area contributed by atoms with Crippen LogP contribution in [0.2, 0.25) is 0 Å². The fourth-order valence-corrected chi connectivity index (χ4v) is 4.43. The molecule has 1 amide bonds. The Bertz CT molecular complexity index is 1140. The molecule has 0 bridgehead atoms. The van der Waals surface area contributed by atoms with Crippen molar-refractivity contribution in [1.82, 2.24) is 10.0 Å². The van der Waals surface area contributed by atoms with Crippen molar-refractivity contribution in [3.05, 3.63) is 52.9 Å². The molecule has 0 aliphatic heterocycles. The lowest BCUT2D eigenvalue weighted by Gasteiger charge is -2.25. The quantitative estimate of drug-likeness (QED) is 0.359. The number of nitriles is 1. The highest BCUT2D eigenvalue weighted by atomic mass is 32.2. The molecule has 1 unspecified atom stereocenters. The molecular formula is C20H23N3O5S2. The van der Waals surface area contributed by atoms with Gasteiger partial charge in [-0.25, -0.2) is 13.9 Å². The molecule has 0 saturated heterocycles. The number of amides is 1. The van der Waals surface area contributed by atoms with Crippen LogP contribution >= 0.6 is 11.8 Å². The van der Waals surface area contributed by atoms with Gasteiger partial charge in [0.2, 0.25) is 0 Å². The van der Waals surface area contributed by atoms with Gasteiger partial charge in [-0.15, -0.1) is 11.8 Å². The van der Waals surface area contributed by atoms with E-state index in [1.54, 1.807) is 13.0 Å². The summed E-state index contributed by atoms with van der Waals surface area (Å²) in [4.78, 5) is 25.4. The van der Waals surface area contributed by atoms with Crippen LogP contribution in [0.5, 0.6) is 0 Å². The largest absolute Gasteiger partial charge is 0.315 e. The van der Waals surface area contributed by atoms with Crippen LogP contribution in [0.3, 0.4) is 0 Å². The molecule has 0 aliphatic carbocycles. The van der Waals surface area contributed by atoms with Crippen LogP contribution in [0.4, 0.5) is 0 Å². The van der Waals surface area contributed by atoms with E-state index in [0.717, 1.165) is 16.7 Å². The number of aryl methyl sites for hydroxylation is 1. The van der Waals surface area contributed by atoms with Crippen molar-refractivity contribution < 1.29 is 18.4 Å². The number of benzene rings is 1. The number of carbonyl (C=O) groups is 1. The van der Waals surface area contributed by atoms with Gasteiger partial charge < -0.3 is 4.57 Å². The first-order valence-corrected chi connectivity index (χ1v) is 11.8. The first kappa shape index (κ1) is 23.7. The van der Waals surface area contributed by atoms with Crippen LogP contribution in [0.15, 0.2) is 52.3 Å². The summed E-state index contributed by atoms with van der Waals surface area (Å²) >= 11 is 1.42. The number of thioether (sulfide) groups is 1. The summed E-state index contributed by atoms with van der Waals surface area (Å²) in [5, 5.41) is 17.7. The predicted molar refractivity (Wildman–Crippen MR) is 115 cm³/mol. The van der Waals surface area contributed by atoms with Gasteiger partial charge in [-0.05, 0) is 49.6 Å². The lowest BCUT2D eigenvalue weighted by Crippen LogP contribution is -2.49. The Morgan fingerprint density at radius 3 is 2.57 bits per heavy atom. The number of aromatic nitrogens is 1. The van der Waals surface area contributed by atoms with Gasteiger partial charge in [0.15, 0.2) is 14.6 Å². The number of nitrogens with zero attached hydrogens (tertiary/aromatic N) is 2. The lowest BCUT2D eigenvalue weighted by atomic mass is 10.1. The maximum absolute atomic E-state index is 12.5. The van der Waals surface area contributed by atoms with Gasteiger partial charge in [0.1, 0.15) is 0 Å². The summed E-state index contributed by atoms with van der Waals surface area (Å²) in [5.74, 6) is -1.05. The van der Waals surface area contributed by atoms with Crippen molar-refractivity contribution in [2.45, 2.75) is 41.7 Å². The molecule has 160 valence electrons. The molecule has 2 aromatic rings. The number of hydrogen-bond acceptors (Lipinski definition) is 7. The number of pyridine rings is 1. The Balaban J connectivity index is 2.26. The first-order chi connectivity index (χ1) is 14.0.